The minimum atomic E-state index is -6.97. The molecule has 24 heavy (non-hydrogen) atoms. The summed E-state index contributed by atoms with van der Waals surface area (Å²) in [6.07, 6.45) is -12.3. The zero-order valence-corrected chi connectivity index (χ0v) is 13.5. The molecule has 1 heterocycles. The van der Waals surface area contributed by atoms with Crippen LogP contribution in [-0.2, 0) is 9.05 Å². The van der Waals surface area contributed by atoms with Gasteiger partial charge >= 0.3 is 43.9 Å². The van der Waals surface area contributed by atoms with Gasteiger partial charge in [0.1, 0.15) is 0 Å². The Hall–Kier alpha value is -0.000000000000000111. The largest absolute Gasteiger partial charge is 0.530 e. The second kappa shape index (κ2) is 6.31. The molecule has 1 rings (SSSR count). The summed E-state index contributed by atoms with van der Waals surface area (Å²) in [5, 5.41) is 0. The van der Waals surface area contributed by atoms with Gasteiger partial charge in [0.05, 0.1) is 0 Å². The van der Waals surface area contributed by atoms with Crippen molar-refractivity contribution in [2.24, 2.45) is 18.1 Å². The Morgan fingerprint density at radius 1 is 0.500 bits per heavy atom. The quantitative estimate of drug-likeness (QED) is 0.303. The van der Waals surface area contributed by atoms with Gasteiger partial charge in [0.2, 0.25) is 0 Å². The second-order valence-corrected chi connectivity index (χ2v) is 10.2. The summed E-state index contributed by atoms with van der Waals surface area (Å²) in [4.78, 5) is 0. The molecular weight excluding hydrogens is 464 g/mol. The van der Waals surface area contributed by atoms with Crippen LogP contribution in [0.3, 0.4) is 0 Å². The van der Waals surface area contributed by atoms with Gasteiger partial charge in [0.25, 0.3) is 0 Å². The lowest BCUT2D eigenvalue weighted by atomic mass is 11.4. The third kappa shape index (κ3) is 7.49. The third-order valence-electron chi connectivity index (χ3n) is 1.31. The molecule has 2 atom stereocenters. The van der Waals surface area contributed by atoms with Crippen molar-refractivity contribution in [3.63, 3.8) is 0 Å². The maximum atomic E-state index is 13.7. The monoisotopic (exact) mass is 464 g/mol. The fourth-order valence-corrected chi connectivity index (χ4v) is 8.16. The Bertz CT molecular complexity index is 693. The van der Waals surface area contributed by atoms with Gasteiger partial charge in [-0.3, -0.25) is 0 Å². The van der Waals surface area contributed by atoms with E-state index in [1.54, 1.807) is 0 Å². The van der Waals surface area contributed by atoms with Crippen molar-refractivity contribution in [1.82, 2.24) is 0 Å². The molecule has 0 aromatic heterocycles. The minimum absolute atomic E-state index is 1.19. The maximum absolute atomic E-state index is 13.7. The van der Waals surface area contributed by atoms with Crippen LogP contribution < -0.4 is 0 Å². The molecule has 0 spiro atoms. The molecule has 6 nitrogen and oxygen atoms in total. The molecule has 0 aromatic rings. The van der Waals surface area contributed by atoms with Gasteiger partial charge in [-0.05, 0) is 0 Å². The van der Waals surface area contributed by atoms with Crippen LogP contribution in [0.4, 0.5) is 51.5 Å². The van der Waals surface area contributed by atoms with E-state index in [9.17, 15) is 51.5 Å². The third-order valence-corrected chi connectivity index (χ3v) is 9.16. The summed E-state index contributed by atoms with van der Waals surface area (Å²) in [7, 11) is -27.8. The predicted octanol–water partition coefficient (Wildman–Crippen LogP) is 8.67. The Morgan fingerprint density at radius 3 is 1.21 bits per heavy atom. The van der Waals surface area contributed by atoms with E-state index in [2.05, 4.69) is 9.05 Å². The molecular formula is C2F12N4O2P4. The van der Waals surface area contributed by atoms with E-state index in [-0.39, 0.29) is 0 Å². The van der Waals surface area contributed by atoms with Crippen molar-refractivity contribution in [3.8, 4) is 0 Å². The summed E-state index contributed by atoms with van der Waals surface area (Å²) in [5.74, 6) is 0. The highest BCUT2D eigenvalue weighted by Crippen LogP contribution is 2.83. The number of hydrogen-bond donors (Lipinski definition) is 0. The Morgan fingerprint density at radius 2 is 0.833 bits per heavy atom. The van der Waals surface area contributed by atoms with Crippen LogP contribution in [0.1, 0.15) is 0 Å². The highest BCUT2D eigenvalue weighted by Gasteiger charge is 2.49. The van der Waals surface area contributed by atoms with Crippen LogP contribution in [-0.4, -0.2) is 12.7 Å². The van der Waals surface area contributed by atoms with Crippen molar-refractivity contribution in [1.29, 1.82) is 0 Å². The molecule has 144 valence electrons. The van der Waals surface area contributed by atoms with Crippen molar-refractivity contribution < 1.29 is 60.6 Å². The molecule has 0 bridgehead atoms. The molecule has 2 unspecified atom stereocenters. The molecule has 1 aliphatic heterocycles. The summed E-state index contributed by atoms with van der Waals surface area (Å²) >= 11 is 0. The number of hydrogen-bond acceptors (Lipinski definition) is 6. The normalized spacial score (nSPS) is 33.2. The number of halogens is 12. The zero-order valence-electron chi connectivity index (χ0n) is 9.93. The first-order chi connectivity index (χ1) is 10.2. The molecule has 22 heteroatoms. The Labute approximate surface area is 123 Å². The van der Waals surface area contributed by atoms with Crippen molar-refractivity contribution in [2.75, 3.05) is 0 Å². The van der Waals surface area contributed by atoms with Gasteiger partial charge in [0.15, 0.2) is 0 Å². The van der Waals surface area contributed by atoms with Gasteiger partial charge in [0, 0.05) is 0 Å². The van der Waals surface area contributed by atoms with Crippen molar-refractivity contribution in [3.05, 3.63) is 0 Å². The van der Waals surface area contributed by atoms with E-state index in [1.807, 2.05) is 0 Å². The van der Waals surface area contributed by atoms with Gasteiger partial charge in [-0.15, -0.1) is 61.2 Å². The Kier molecular flexibility index (Phi) is 5.80. The second-order valence-electron chi connectivity index (χ2n) is 3.29. The lowest BCUT2D eigenvalue weighted by molar-refractivity contribution is -0.274. The summed E-state index contributed by atoms with van der Waals surface area (Å²) < 4.78 is 161. The molecule has 0 amide bonds. The smallest absolute Gasteiger partial charge is 0.207 e. The zero-order chi connectivity index (χ0) is 19.2. The molecule has 0 aromatic carbocycles. The molecule has 0 aliphatic carbocycles. The van der Waals surface area contributed by atoms with Gasteiger partial charge in [-0.2, -0.15) is 8.39 Å². The standard InChI is InChI=1S/C2F12N4O2P4/c3-1(4,5)19-23(13)16-21(9,10)15-22(11,12)17-24(14,18-23)20-2(6,7)8. The van der Waals surface area contributed by atoms with E-state index in [0.29, 0.717) is 0 Å². The minimum Gasteiger partial charge on any atom is -0.207 e. The molecule has 0 fully saturated rings. The van der Waals surface area contributed by atoms with E-state index >= 15 is 0 Å². The van der Waals surface area contributed by atoms with E-state index in [4.69, 9.17) is 0 Å². The van der Waals surface area contributed by atoms with E-state index in [0.717, 1.165) is 0 Å². The predicted molar refractivity (Wildman–Crippen MR) is 58.3 cm³/mol. The molecule has 0 N–H and O–H groups in total. The van der Waals surface area contributed by atoms with Crippen molar-refractivity contribution >= 4 is 31.1 Å². The van der Waals surface area contributed by atoms with Crippen LogP contribution in [0.5, 0.6) is 0 Å². The number of alkyl halides is 6. The van der Waals surface area contributed by atoms with Gasteiger partial charge in [-0.25, -0.2) is 9.05 Å². The Balaban J connectivity index is 3.76. The topological polar surface area (TPSA) is 67.9 Å². The van der Waals surface area contributed by atoms with Gasteiger partial charge < -0.3 is 0 Å². The highest BCUT2D eigenvalue weighted by atomic mass is 31.3. The SMILES string of the molecule is FC(F)(F)OP1(F)=NP(F)(F)=NP(F)(F)=NP(F)(OC(F)(F)F)=N1. The van der Waals surface area contributed by atoms with Crippen LogP contribution in [0.2, 0.25) is 0 Å². The summed E-state index contributed by atoms with van der Waals surface area (Å²) in [5.41, 5.74) is 0. The number of nitrogens with zero attached hydrogens (tertiary/aromatic N) is 4. The van der Waals surface area contributed by atoms with Crippen LogP contribution in [0, 0.1) is 0 Å². The van der Waals surface area contributed by atoms with E-state index in [1.165, 1.54) is 18.1 Å². The highest BCUT2D eigenvalue weighted by molar-refractivity contribution is 7.78. The first-order valence-corrected chi connectivity index (χ1v) is 10.5. The summed E-state index contributed by atoms with van der Waals surface area (Å²) in [6.45, 7) is 0. The summed E-state index contributed by atoms with van der Waals surface area (Å²) in [6, 6.07) is 0. The molecule has 0 saturated heterocycles. The average molecular weight is 464 g/mol. The first-order valence-electron chi connectivity index (χ1n) is 4.52. The van der Waals surface area contributed by atoms with Crippen molar-refractivity contribution in [2.45, 2.75) is 12.7 Å². The fourth-order valence-electron chi connectivity index (χ4n) is 0.939. The van der Waals surface area contributed by atoms with Crippen LogP contribution in [0.15, 0.2) is 18.1 Å². The fraction of sp³-hybridized carbons (Fsp3) is 1.00. The lowest BCUT2D eigenvalue weighted by Gasteiger charge is -2.19. The van der Waals surface area contributed by atoms with Gasteiger partial charge in [-0.1, -0.05) is 0 Å². The lowest BCUT2D eigenvalue weighted by Crippen LogP contribution is -2.11. The van der Waals surface area contributed by atoms with Crippen LogP contribution >= 0.6 is 31.1 Å². The maximum Gasteiger partial charge on any atom is 0.530 e. The average Bonchev–Trinajstić information content (AvgIpc) is 1.98. The van der Waals surface area contributed by atoms with Crippen LogP contribution in [0.25, 0.3) is 0 Å². The molecule has 0 radical (unpaired) electrons. The first kappa shape index (κ1) is 22.0. The molecule has 0 saturated carbocycles. The number of rotatable bonds is 2. The molecule has 1 aliphatic rings. The van der Waals surface area contributed by atoms with E-state index < -0.39 is 43.9 Å².